The van der Waals surface area contributed by atoms with Crippen molar-refractivity contribution >= 4 is 16.9 Å². The average Bonchev–Trinajstić information content (AvgIpc) is 2.81. The number of ether oxygens (including phenoxy) is 1. The summed E-state index contributed by atoms with van der Waals surface area (Å²) in [5.74, 6) is -0.201. The molecule has 2 heterocycles. The minimum atomic E-state index is -0.201. The molecule has 1 atom stereocenters. The fourth-order valence-electron chi connectivity index (χ4n) is 2.85. The summed E-state index contributed by atoms with van der Waals surface area (Å²) in [5.41, 5.74) is 3.65. The minimum absolute atomic E-state index is 0.0695. The van der Waals surface area contributed by atoms with Crippen molar-refractivity contribution in [1.82, 2.24) is 4.57 Å². The maximum Gasteiger partial charge on any atom is 0.303 e. The van der Waals surface area contributed by atoms with Crippen LogP contribution in [0.3, 0.4) is 0 Å². The molecule has 0 N–H and O–H groups in total. The lowest BCUT2D eigenvalue weighted by Crippen LogP contribution is -2.06. The molecule has 3 nitrogen and oxygen atoms in total. The van der Waals surface area contributed by atoms with Crippen molar-refractivity contribution < 1.29 is 9.53 Å². The lowest BCUT2D eigenvalue weighted by Gasteiger charge is -2.10. The molecule has 3 heteroatoms. The predicted molar refractivity (Wildman–Crippen MR) is 65.8 cm³/mol. The molecule has 17 heavy (non-hydrogen) atoms. The van der Waals surface area contributed by atoms with Gasteiger partial charge in [0, 0.05) is 30.8 Å². The van der Waals surface area contributed by atoms with Crippen molar-refractivity contribution in [2.75, 3.05) is 0 Å². The highest BCUT2D eigenvalue weighted by Crippen LogP contribution is 2.38. The number of para-hydroxylation sites is 1. The van der Waals surface area contributed by atoms with Crippen LogP contribution in [0, 0.1) is 6.92 Å². The molecular weight excluding hydrogens is 214 g/mol. The van der Waals surface area contributed by atoms with Crippen LogP contribution < -0.4 is 0 Å². The maximum atomic E-state index is 11.1. The van der Waals surface area contributed by atoms with Crippen LogP contribution in [0.25, 0.3) is 10.9 Å². The molecule has 0 spiro atoms. The van der Waals surface area contributed by atoms with E-state index in [2.05, 4.69) is 23.6 Å². The highest BCUT2D eigenvalue weighted by atomic mass is 16.5. The second-order valence-electron chi connectivity index (χ2n) is 4.57. The Morgan fingerprint density at radius 3 is 2.94 bits per heavy atom. The predicted octanol–water partition coefficient (Wildman–Crippen LogP) is 2.96. The molecule has 88 valence electrons. The number of hydrogen-bond donors (Lipinski definition) is 0. The number of fused-ring (bicyclic) bond motifs is 3. The first kappa shape index (κ1) is 10.4. The molecule has 0 saturated heterocycles. The van der Waals surface area contributed by atoms with Gasteiger partial charge in [-0.3, -0.25) is 4.79 Å². The quantitative estimate of drug-likeness (QED) is 0.704. The second-order valence-corrected chi connectivity index (χ2v) is 4.57. The van der Waals surface area contributed by atoms with E-state index in [-0.39, 0.29) is 12.1 Å². The highest BCUT2D eigenvalue weighted by Gasteiger charge is 2.29. The highest BCUT2D eigenvalue weighted by molar-refractivity contribution is 5.86. The van der Waals surface area contributed by atoms with E-state index < -0.39 is 0 Å². The second kappa shape index (κ2) is 3.62. The zero-order valence-corrected chi connectivity index (χ0v) is 10.1. The Bertz CT molecular complexity index is 598. The van der Waals surface area contributed by atoms with Gasteiger partial charge >= 0.3 is 5.97 Å². The summed E-state index contributed by atoms with van der Waals surface area (Å²) in [4.78, 5) is 11.1. The van der Waals surface area contributed by atoms with Crippen molar-refractivity contribution in [1.29, 1.82) is 0 Å². The molecule has 1 aromatic carbocycles. The standard InChI is InChI=1S/C14H15NO2/c1-9-11-5-3-4-6-12(11)15-8-7-13(14(9)15)17-10(2)16/h3-6,13H,7-8H2,1-2H3. The van der Waals surface area contributed by atoms with Gasteiger partial charge in [-0.1, -0.05) is 18.2 Å². The first-order chi connectivity index (χ1) is 8.18. The molecule has 0 aliphatic carbocycles. The third-order valence-corrected chi connectivity index (χ3v) is 3.50. The van der Waals surface area contributed by atoms with Gasteiger partial charge in [0.15, 0.2) is 0 Å². The molecule has 0 saturated carbocycles. The lowest BCUT2D eigenvalue weighted by atomic mass is 10.1. The fraction of sp³-hybridized carbons (Fsp3) is 0.357. The van der Waals surface area contributed by atoms with Crippen molar-refractivity contribution in [3.8, 4) is 0 Å². The van der Waals surface area contributed by atoms with Crippen LogP contribution in [0.2, 0.25) is 0 Å². The van der Waals surface area contributed by atoms with E-state index in [4.69, 9.17) is 4.74 Å². The Hall–Kier alpha value is -1.77. The molecule has 0 bridgehead atoms. The molecule has 0 radical (unpaired) electrons. The van der Waals surface area contributed by atoms with Crippen molar-refractivity contribution in [3.63, 3.8) is 0 Å². The zero-order chi connectivity index (χ0) is 12.0. The largest absolute Gasteiger partial charge is 0.456 e. The van der Waals surface area contributed by atoms with Crippen LogP contribution in [0.15, 0.2) is 24.3 Å². The molecule has 0 amide bonds. The molecule has 0 fully saturated rings. The summed E-state index contributed by atoms with van der Waals surface area (Å²) in [7, 11) is 0. The van der Waals surface area contributed by atoms with Gasteiger partial charge in [-0.05, 0) is 18.6 Å². The van der Waals surface area contributed by atoms with E-state index in [1.165, 1.54) is 29.1 Å². The average molecular weight is 229 g/mol. The summed E-state index contributed by atoms with van der Waals surface area (Å²) in [6, 6.07) is 8.35. The Labute approximate surface area is 100.0 Å². The zero-order valence-electron chi connectivity index (χ0n) is 10.1. The van der Waals surface area contributed by atoms with E-state index in [0.29, 0.717) is 0 Å². The van der Waals surface area contributed by atoms with E-state index in [0.717, 1.165) is 13.0 Å². The number of aryl methyl sites for hydroxylation is 2. The first-order valence-corrected chi connectivity index (χ1v) is 5.93. The maximum absolute atomic E-state index is 11.1. The number of hydrogen-bond acceptors (Lipinski definition) is 2. The number of nitrogens with zero attached hydrogens (tertiary/aromatic N) is 1. The number of carbonyl (C=O) groups is 1. The molecule has 1 aromatic heterocycles. The van der Waals surface area contributed by atoms with Crippen molar-refractivity contribution in [2.24, 2.45) is 0 Å². The first-order valence-electron chi connectivity index (χ1n) is 5.93. The van der Waals surface area contributed by atoms with Gasteiger partial charge in [0.1, 0.15) is 6.10 Å². The summed E-state index contributed by atoms with van der Waals surface area (Å²) in [5, 5.41) is 1.26. The Kier molecular flexibility index (Phi) is 2.21. The van der Waals surface area contributed by atoms with Crippen LogP contribution >= 0.6 is 0 Å². The van der Waals surface area contributed by atoms with Crippen molar-refractivity contribution in [3.05, 3.63) is 35.5 Å². The van der Waals surface area contributed by atoms with Crippen LogP contribution in [0.4, 0.5) is 0 Å². The van der Waals surface area contributed by atoms with Crippen LogP contribution in [-0.2, 0) is 16.1 Å². The van der Waals surface area contributed by atoms with Gasteiger partial charge in [-0.15, -0.1) is 0 Å². The summed E-state index contributed by atoms with van der Waals surface area (Å²) in [6.45, 7) is 4.51. The number of esters is 1. The van der Waals surface area contributed by atoms with E-state index >= 15 is 0 Å². The van der Waals surface area contributed by atoms with Crippen LogP contribution in [-0.4, -0.2) is 10.5 Å². The van der Waals surface area contributed by atoms with Gasteiger partial charge in [0.2, 0.25) is 0 Å². The van der Waals surface area contributed by atoms with Gasteiger partial charge in [-0.2, -0.15) is 0 Å². The van der Waals surface area contributed by atoms with E-state index in [9.17, 15) is 4.79 Å². The van der Waals surface area contributed by atoms with Gasteiger partial charge < -0.3 is 9.30 Å². The SMILES string of the molecule is CC(=O)OC1CCn2c1c(C)c1ccccc12. The summed E-state index contributed by atoms with van der Waals surface area (Å²) >= 11 is 0. The van der Waals surface area contributed by atoms with Crippen molar-refractivity contribution in [2.45, 2.75) is 32.9 Å². The molecular formula is C14H15NO2. The Morgan fingerprint density at radius 1 is 1.41 bits per heavy atom. The molecule has 3 rings (SSSR count). The van der Waals surface area contributed by atoms with Crippen LogP contribution in [0.1, 0.15) is 30.7 Å². The smallest absolute Gasteiger partial charge is 0.303 e. The third kappa shape index (κ3) is 1.46. The normalized spacial score (nSPS) is 18.4. The van der Waals surface area contributed by atoms with Gasteiger partial charge in [0.05, 0.1) is 5.69 Å². The van der Waals surface area contributed by atoms with E-state index in [1.54, 1.807) is 0 Å². The molecule has 2 aromatic rings. The van der Waals surface area contributed by atoms with Gasteiger partial charge in [0.25, 0.3) is 0 Å². The topological polar surface area (TPSA) is 31.2 Å². The third-order valence-electron chi connectivity index (χ3n) is 3.50. The molecule has 1 aliphatic heterocycles. The number of rotatable bonds is 1. The lowest BCUT2D eigenvalue weighted by molar-refractivity contribution is -0.146. The summed E-state index contributed by atoms with van der Waals surface area (Å²) < 4.78 is 7.66. The molecule has 1 unspecified atom stereocenters. The number of carbonyl (C=O) groups excluding carboxylic acids is 1. The monoisotopic (exact) mass is 229 g/mol. The Balaban J connectivity index is 2.17. The molecule has 1 aliphatic rings. The summed E-state index contributed by atoms with van der Waals surface area (Å²) in [6.07, 6.45) is 0.820. The number of aromatic nitrogens is 1. The minimum Gasteiger partial charge on any atom is -0.456 e. The Morgan fingerprint density at radius 2 is 2.18 bits per heavy atom. The van der Waals surface area contributed by atoms with Gasteiger partial charge in [-0.25, -0.2) is 0 Å². The number of benzene rings is 1. The van der Waals surface area contributed by atoms with E-state index in [1.807, 2.05) is 12.1 Å². The fourth-order valence-corrected chi connectivity index (χ4v) is 2.85. The van der Waals surface area contributed by atoms with Crippen LogP contribution in [0.5, 0.6) is 0 Å².